The fraction of sp³-hybridized carbons (Fsp3) is 0.308. The molecule has 0 saturated carbocycles. The zero-order chi connectivity index (χ0) is 26.5. The van der Waals surface area contributed by atoms with E-state index in [1.807, 2.05) is 0 Å². The van der Waals surface area contributed by atoms with E-state index in [1.165, 1.54) is 30.3 Å². The minimum Gasteiger partial charge on any atom is -0.490 e. The number of rotatable bonds is 8. The molecule has 0 spiro atoms. The number of ether oxygens (including phenoxy) is 1. The number of likely N-dealkylation sites (N-methyl/N-ethyl adjacent to an activating group) is 1. The average Bonchev–Trinajstić information content (AvgIpc) is 2.80. The summed E-state index contributed by atoms with van der Waals surface area (Å²) in [5.74, 6) is -0.722. The molecule has 0 radical (unpaired) electrons. The molecule has 0 aromatic heterocycles. The van der Waals surface area contributed by atoms with E-state index in [9.17, 15) is 27.2 Å². The Morgan fingerprint density at radius 3 is 2.50 bits per heavy atom. The first-order chi connectivity index (χ1) is 17.0. The Morgan fingerprint density at radius 2 is 1.86 bits per heavy atom. The van der Waals surface area contributed by atoms with Gasteiger partial charge in [0, 0.05) is 18.7 Å². The summed E-state index contributed by atoms with van der Waals surface area (Å²) in [6, 6.07) is 6.75. The highest BCUT2D eigenvalue weighted by Crippen LogP contribution is 2.34. The van der Waals surface area contributed by atoms with Crippen LogP contribution in [0.4, 0.5) is 33.7 Å². The van der Waals surface area contributed by atoms with Gasteiger partial charge in [-0.2, -0.15) is 13.2 Å². The van der Waals surface area contributed by atoms with E-state index in [2.05, 4.69) is 10.6 Å². The number of carbonyl (C=O) groups excluding carboxylic acids is 2. The standard InChI is InChI=1S/C26H27F4N3O3/c1-4-36-24-14-18(7-10-23(24)34)17-6-9-22(21(27)13-17)32-25(35)31-19-8-5-16(11-12-33(2)3)20(15-19)26(28,29)30/h5-9,13-15H,4,10-12H2,1-3H3,(H2,31,32,35). The fourth-order valence-electron chi connectivity index (χ4n) is 3.62. The molecule has 0 heterocycles. The van der Waals surface area contributed by atoms with Gasteiger partial charge in [-0.3, -0.25) is 4.79 Å². The third kappa shape index (κ3) is 6.94. The van der Waals surface area contributed by atoms with Crippen molar-refractivity contribution in [1.82, 2.24) is 4.90 Å². The summed E-state index contributed by atoms with van der Waals surface area (Å²) < 4.78 is 60.6. The van der Waals surface area contributed by atoms with Crippen molar-refractivity contribution in [3.63, 3.8) is 0 Å². The van der Waals surface area contributed by atoms with Crippen molar-refractivity contribution in [2.75, 3.05) is 37.9 Å². The predicted molar refractivity (Wildman–Crippen MR) is 130 cm³/mol. The number of urea groups is 1. The van der Waals surface area contributed by atoms with E-state index < -0.39 is 23.6 Å². The van der Waals surface area contributed by atoms with Crippen molar-refractivity contribution in [1.29, 1.82) is 0 Å². The van der Waals surface area contributed by atoms with Crippen molar-refractivity contribution < 1.29 is 31.9 Å². The van der Waals surface area contributed by atoms with E-state index in [0.29, 0.717) is 24.3 Å². The first-order valence-corrected chi connectivity index (χ1v) is 11.3. The maximum Gasteiger partial charge on any atom is 0.416 e. The lowest BCUT2D eigenvalue weighted by atomic mass is 9.97. The minimum absolute atomic E-state index is 0.0731. The molecule has 2 N–H and O–H groups in total. The SMILES string of the molecule is CCOC1=CC(c2ccc(NC(=O)Nc3ccc(CCN(C)C)c(C(F)(F)F)c3)c(F)c2)=CCC1=O. The highest BCUT2D eigenvalue weighted by molar-refractivity contribution is 6.02. The van der Waals surface area contributed by atoms with Gasteiger partial charge in [-0.15, -0.1) is 0 Å². The molecule has 3 rings (SSSR count). The molecule has 0 bridgehead atoms. The molecular weight excluding hydrogens is 478 g/mol. The smallest absolute Gasteiger partial charge is 0.416 e. The zero-order valence-corrected chi connectivity index (χ0v) is 20.1. The number of allylic oxidation sites excluding steroid dienone is 4. The Hall–Kier alpha value is -3.66. The summed E-state index contributed by atoms with van der Waals surface area (Å²) >= 11 is 0. The molecule has 0 aliphatic heterocycles. The summed E-state index contributed by atoms with van der Waals surface area (Å²) in [6.07, 6.45) is -1.09. The molecule has 0 unspecified atom stereocenters. The molecule has 192 valence electrons. The topological polar surface area (TPSA) is 70.7 Å². The summed E-state index contributed by atoms with van der Waals surface area (Å²) in [5.41, 5.74) is 0.126. The molecule has 0 saturated heterocycles. The molecule has 0 fully saturated rings. The molecule has 2 aromatic carbocycles. The lowest BCUT2D eigenvalue weighted by molar-refractivity contribution is -0.138. The monoisotopic (exact) mass is 505 g/mol. The van der Waals surface area contributed by atoms with Gasteiger partial charge < -0.3 is 20.3 Å². The van der Waals surface area contributed by atoms with E-state index in [1.54, 1.807) is 38.1 Å². The number of hydrogen-bond donors (Lipinski definition) is 2. The van der Waals surface area contributed by atoms with E-state index in [-0.39, 0.29) is 41.3 Å². The quantitative estimate of drug-likeness (QED) is 0.441. The minimum atomic E-state index is -4.59. The third-order valence-electron chi connectivity index (χ3n) is 5.42. The van der Waals surface area contributed by atoms with Crippen LogP contribution in [0, 0.1) is 5.82 Å². The van der Waals surface area contributed by atoms with Crippen molar-refractivity contribution in [2.45, 2.75) is 25.9 Å². The average molecular weight is 506 g/mol. The summed E-state index contributed by atoms with van der Waals surface area (Å²) in [6.45, 7) is 2.50. The first-order valence-electron chi connectivity index (χ1n) is 11.3. The molecule has 2 amide bonds. The number of Topliss-reactive ketones (excluding diaryl/α,β-unsaturated/α-hetero) is 1. The maximum atomic E-state index is 14.7. The van der Waals surface area contributed by atoms with E-state index in [0.717, 1.165) is 6.07 Å². The third-order valence-corrected chi connectivity index (χ3v) is 5.42. The number of ketones is 1. The van der Waals surface area contributed by atoms with Crippen molar-refractivity contribution in [3.05, 3.63) is 76.8 Å². The van der Waals surface area contributed by atoms with Gasteiger partial charge in [0.25, 0.3) is 0 Å². The van der Waals surface area contributed by atoms with Crippen LogP contribution in [0.15, 0.2) is 54.3 Å². The molecule has 0 atom stereocenters. The number of halogens is 4. The molecule has 2 aromatic rings. The lowest BCUT2D eigenvalue weighted by Crippen LogP contribution is -2.21. The molecular formula is C26H27F4N3O3. The van der Waals surface area contributed by atoms with Crippen LogP contribution in [0.3, 0.4) is 0 Å². The number of amides is 2. The highest BCUT2D eigenvalue weighted by atomic mass is 19.4. The van der Waals surface area contributed by atoms with E-state index >= 15 is 0 Å². The Kier molecular flexibility index (Phi) is 8.52. The Labute approximate surface area is 206 Å². The normalized spacial score (nSPS) is 13.8. The number of alkyl halides is 3. The van der Waals surface area contributed by atoms with Crippen LogP contribution in [0.2, 0.25) is 0 Å². The van der Waals surface area contributed by atoms with Crippen LogP contribution in [0.1, 0.15) is 30.0 Å². The zero-order valence-electron chi connectivity index (χ0n) is 20.1. The van der Waals surface area contributed by atoms with Crippen LogP contribution < -0.4 is 10.6 Å². The van der Waals surface area contributed by atoms with Gasteiger partial charge >= 0.3 is 12.2 Å². The second-order valence-electron chi connectivity index (χ2n) is 8.43. The largest absolute Gasteiger partial charge is 0.490 e. The van der Waals surface area contributed by atoms with Gasteiger partial charge in [0.15, 0.2) is 5.76 Å². The number of benzene rings is 2. The summed E-state index contributed by atoms with van der Waals surface area (Å²) in [7, 11) is 3.53. The van der Waals surface area contributed by atoms with Gasteiger partial charge in [0.1, 0.15) is 5.82 Å². The molecule has 6 nitrogen and oxygen atoms in total. The van der Waals surface area contributed by atoms with Gasteiger partial charge in [-0.05, 0) is 74.5 Å². The number of nitrogens with one attached hydrogen (secondary N) is 2. The predicted octanol–water partition coefficient (Wildman–Crippen LogP) is 5.87. The maximum absolute atomic E-state index is 14.7. The highest BCUT2D eigenvalue weighted by Gasteiger charge is 2.33. The molecule has 36 heavy (non-hydrogen) atoms. The van der Waals surface area contributed by atoms with Crippen LogP contribution in [0.25, 0.3) is 5.57 Å². The Morgan fingerprint density at radius 1 is 1.11 bits per heavy atom. The van der Waals surface area contributed by atoms with Gasteiger partial charge in [0.2, 0.25) is 5.78 Å². The van der Waals surface area contributed by atoms with E-state index in [4.69, 9.17) is 4.74 Å². The van der Waals surface area contributed by atoms with Crippen LogP contribution in [-0.4, -0.2) is 44.0 Å². The van der Waals surface area contributed by atoms with Crippen LogP contribution >= 0.6 is 0 Å². The van der Waals surface area contributed by atoms with Crippen molar-refractivity contribution >= 4 is 28.8 Å². The summed E-state index contributed by atoms with van der Waals surface area (Å²) in [4.78, 5) is 26.0. The Balaban J connectivity index is 1.72. The Bertz CT molecular complexity index is 1200. The first kappa shape index (κ1) is 26.9. The van der Waals surface area contributed by atoms with Crippen molar-refractivity contribution in [3.8, 4) is 0 Å². The van der Waals surface area contributed by atoms with Crippen LogP contribution in [0.5, 0.6) is 0 Å². The molecule has 1 aliphatic carbocycles. The number of anilines is 2. The second kappa shape index (κ2) is 11.4. The number of hydrogen-bond acceptors (Lipinski definition) is 4. The number of carbonyl (C=O) groups is 2. The van der Waals surface area contributed by atoms with Crippen molar-refractivity contribution in [2.24, 2.45) is 0 Å². The summed E-state index contributed by atoms with van der Waals surface area (Å²) in [5, 5.41) is 4.63. The van der Waals surface area contributed by atoms with Gasteiger partial charge in [0.05, 0.1) is 17.9 Å². The fourth-order valence-corrected chi connectivity index (χ4v) is 3.62. The van der Waals surface area contributed by atoms with Gasteiger partial charge in [-0.1, -0.05) is 18.2 Å². The molecule has 1 aliphatic rings. The van der Waals surface area contributed by atoms with Crippen LogP contribution in [-0.2, 0) is 22.1 Å². The number of nitrogens with zero attached hydrogens (tertiary/aromatic N) is 1. The van der Waals surface area contributed by atoms with Gasteiger partial charge in [-0.25, -0.2) is 9.18 Å². The molecule has 10 heteroatoms. The lowest BCUT2D eigenvalue weighted by Gasteiger charge is -2.17. The second-order valence-corrected chi connectivity index (χ2v) is 8.43.